The highest BCUT2D eigenvalue weighted by Gasteiger charge is 2.27. The summed E-state index contributed by atoms with van der Waals surface area (Å²) in [6.45, 7) is 0. The molecule has 2 heterocycles. The Morgan fingerprint density at radius 1 is 1.56 bits per heavy atom. The number of nitrogens with zero attached hydrogens (tertiary/aromatic N) is 2. The maximum absolute atomic E-state index is 11.7. The van der Waals surface area contributed by atoms with Gasteiger partial charge in [-0.3, -0.25) is 4.79 Å². The van der Waals surface area contributed by atoms with Gasteiger partial charge in [0, 0.05) is 18.2 Å². The van der Waals surface area contributed by atoms with Crippen molar-refractivity contribution in [3.8, 4) is 0 Å². The molecule has 1 fully saturated rings. The van der Waals surface area contributed by atoms with Crippen LogP contribution in [0.25, 0.3) is 5.65 Å². The number of carboxylic acid groups (broad SMARTS) is 1. The van der Waals surface area contributed by atoms with Gasteiger partial charge < -0.3 is 10.1 Å². The first-order chi connectivity index (χ1) is 7.66. The van der Waals surface area contributed by atoms with E-state index in [1.54, 1.807) is 6.07 Å². The number of hydrogen-bond acceptors (Lipinski definition) is 3. The topological polar surface area (TPSA) is 87.5 Å². The van der Waals surface area contributed by atoms with E-state index in [-0.39, 0.29) is 5.56 Å². The summed E-state index contributed by atoms with van der Waals surface area (Å²) >= 11 is 0. The second-order valence-electron chi connectivity index (χ2n) is 3.95. The van der Waals surface area contributed by atoms with E-state index < -0.39 is 11.5 Å². The number of aromatic amines is 1. The van der Waals surface area contributed by atoms with Crippen molar-refractivity contribution in [1.29, 1.82) is 0 Å². The van der Waals surface area contributed by atoms with Crippen LogP contribution in [-0.4, -0.2) is 25.7 Å². The predicted molar refractivity (Wildman–Crippen MR) is 54.7 cm³/mol. The highest BCUT2D eigenvalue weighted by atomic mass is 16.4. The molecule has 0 radical (unpaired) electrons. The van der Waals surface area contributed by atoms with Crippen molar-refractivity contribution in [2.45, 2.75) is 18.8 Å². The molecule has 1 aliphatic carbocycles. The molecule has 2 aromatic heterocycles. The van der Waals surface area contributed by atoms with Crippen LogP contribution in [0.15, 0.2) is 17.1 Å². The Hall–Kier alpha value is -2.11. The number of hydrogen-bond donors (Lipinski definition) is 2. The molecular formula is C10H9N3O3. The lowest BCUT2D eigenvalue weighted by atomic mass is 10.3. The fourth-order valence-corrected chi connectivity index (χ4v) is 1.71. The third-order valence-electron chi connectivity index (χ3n) is 2.74. The van der Waals surface area contributed by atoms with E-state index >= 15 is 0 Å². The largest absolute Gasteiger partial charge is 0.477 e. The lowest BCUT2D eigenvalue weighted by Crippen LogP contribution is -2.22. The molecule has 2 N–H and O–H groups in total. The average Bonchev–Trinajstić information content (AvgIpc) is 2.99. The number of carboxylic acids is 1. The van der Waals surface area contributed by atoms with Crippen molar-refractivity contribution in [2.75, 3.05) is 0 Å². The lowest BCUT2D eigenvalue weighted by Gasteiger charge is -1.94. The van der Waals surface area contributed by atoms with Gasteiger partial charge in [-0.25, -0.2) is 4.79 Å². The third kappa shape index (κ3) is 1.23. The molecule has 0 saturated heterocycles. The van der Waals surface area contributed by atoms with Crippen LogP contribution in [0.5, 0.6) is 0 Å². The zero-order valence-electron chi connectivity index (χ0n) is 8.30. The highest BCUT2D eigenvalue weighted by molar-refractivity contribution is 5.86. The van der Waals surface area contributed by atoms with Crippen molar-refractivity contribution < 1.29 is 9.90 Å². The van der Waals surface area contributed by atoms with E-state index in [2.05, 4.69) is 10.1 Å². The second kappa shape index (κ2) is 2.94. The standard InChI is InChI=1S/C10H9N3O3/c14-9-6(10(15)16)4-11-8-3-7(5-1-2-5)12-13(8)9/h3-5,11H,1-2H2,(H,15,16). The molecule has 1 aliphatic rings. The second-order valence-corrected chi connectivity index (χ2v) is 3.95. The maximum atomic E-state index is 11.7. The van der Waals surface area contributed by atoms with Crippen molar-refractivity contribution in [3.05, 3.63) is 33.9 Å². The number of fused-ring (bicyclic) bond motifs is 1. The zero-order valence-corrected chi connectivity index (χ0v) is 8.30. The van der Waals surface area contributed by atoms with Gasteiger partial charge in [0.1, 0.15) is 11.2 Å². The van der Waals surface area contributed by atoms with E-state index in [0.717, 1.165) is 23.1 Å². The molecule has 3 rings (SSSR count). The Morgan fingerprint density at radius 2 is 2.31 bits per heavy atom. The van der Waals surface area contributed by atoms with Crippen LogP contribution in [0, 0.1) is 0 Å². The molecule has 0 bridgehead atoms. The maximum Gasteiger partial charge on any atom is 0.342 e. The molecule has 0 atom stereocenters. The van der Waals surface area contributed by atoms with Crippen LogP contribution in [0.1, 0.15) is 34.8 Å². The smallest absolute Gasteiger partial charge is 0.342 e. The Kier molecular flexibility index (Phi) is 1.68. The van der Waals surface area contributed by atoms with Crippen LogP contribution in [0.3, 0.4) is 0 Å². The Bertz CT molecular complexity index is 636. The summed E-state index contributed by atoms with van der Waals surface area (Å²) in [6.07, 6.45) is 3.38. The van der Waals surface area contributed by atoms with Crippen molar-refractivity contribution in [3.63, 3.8) is 0 Å². The molecule has 1 saturated carbocycles. The molecule has 0 aromatic carbocycles. The van der Waals surface area contributed by atoms with Crippen LogP contribution in [-0.2, 0) is 0 Å². The summed E-state index contributed by atoms with van der Waals surface area (Å²) in [6, 6.07) is 1.80. The average molecular weight is 219 g/mol. The molecule has 0 spiro atoms. The fourth-order valence-electron chi connectivity index (χ4n) is 1.71. The number of carbonyl (C=O) groups is 1. The number of nitrogens with one attached hydrogen (secondary N) is 1. The molecule has 0 amide bonds. The quantitative estimate of drug-likeness (QED) is 0.774. The number of rotatable bonds is 2. The molecule has 2 aromatic rings. The fraction of sp³-hybridized carbons (Fsp3) is 0.300. The van der Waals surface area contributed by atoms with Gasteiger partial charge in [0.25, 0.3) is 5.56 Å². The summed E-state index contributed by atoms with van der Waals surface area (Å²) in [5, 5.41) is 12.9. The van der Waals surface area contributed by atoms with Crippen LogP contribution in [0.2, 0.25) is 0 Å². The minimum atomic E-state index is -1.24. The Balaban J connectivity index is 2.26. The first-order valence-electron chi connectivity index (χ1n) is 5.01. The monoisotopic (exact) mass is 219 g/mol. The molecule has 0 aliphatic heterocycles. The van der Waals surface area contributed by atoms with Gasteiger partial charge in [-0.1, -0.05) is 0 Å². The minimum absolute atomic E-state index is 0.294. The first kappa shape index (κ1) is 9.14. The number of H-pyrrole nitrogens is 1. The van der Waals surface area contributed by atoms with E-state index in [1.807, 2.05) is 0 Å². The normalized spacial score (nSPS) is 15.5. The Labute approximate surface area is 89.5 Å². The van der Waals surface area contributed by atoms with E-state index in [0.29, 0.717) is 11.6 Å². The zero-order chi connectivity index (χ0) is 11.3. The van der Waals surface area contributed by atoms with E-state index in [9.17, 15) is 9.59 Å². The van der Waals surface area contributed by atoms with Crippen LogP contribution < -0.4 is 5.56 Å². The first-order valence-corrected chi connectivity index (χ1v) is 5.01. The summed E-state index contributed by atoms with van der Waals surface area (Å²) in [5.41, 5.74) is 0.513. The summed E-state index contributed by atoms with van der Waals surface area (Å²) in [4.78, 5) is 25.2. The van der Waals surface area contributed by atoms with E-state index in [1.165, 1.54) is 6.20 Å². The molecule has 6 nitrogen and oxygen atoms in total. The van der Waals surface area contributed by atoms with Gasteiger partial charge in [0.2, 0.25) is 0 Å². The van der Waals surface area contributed by atoms with E-state index in [4.69, 9.17) is 5.11 Å². The summed E-state index contributed by atoms with van der Waals surface area (Å²) < 4.78 is 1.12. The SMILES string of the molecule is O=C(O)c1c[nH]c2cc(C3CC3)nn2c1=O. The van der Waals surface area contributed by atoms with Gasteiger partial charge in [-0.2, -0.15) is 9.61 Å². The minimum Gasteiger partial charge on any atom is -0.477 e. The van der Waals surface area contributed by atoms with Gasteiger partial charge in [0.05, 0.1) is 5.69 Å². The predicted octanol–water partition coefficient (Wildman–Crippen LogP) is 0.598. The molecule has 0 unspecified atom stereocenters. The molecule has 82 valence electrons. The Morgan fingerprint density at radius 3 is 2.94 bits per heavy atom. The van der Waals surface area contributed by atoms with Crippen molar-refractivity contribution >= 4 is 11.6 Å². The van der Waals surface area contributed by atoms with Crippen LogP contribution in [0.4, 0.5) is 0 Å². The van der Waals surface area contributed by atoms with Gasteiger partial charge in [-0.05, 0) is 12.8 Å². The van der Waals surface area contributed by atoms with Crippen molar-refractivity contribution in [1.82, 2.24) is 14.6 Å². The van der Waals surface area contributed by atoms with Gasteiger partial charge in [0.15, 0.2) is 0 Å². The molecule has 16 heavy (non-hydrogen) atoms. The summed E-state index contributed by atoms with van der Waals surface area (Å²) in [5.74, 6) is -0.812. The number of aromatic nitrogens is 3. The van der Waals surface area contributed by atoms with Crippen molar-refractivity contribution in [2.24, 2.45) is 0 Å². The summed E-state index contributed by atoms with van der Waals surface area (Å²) in [7, 11) is 0. The lowest BCUT2D eigenvalue weighted by molar-refractivity contribution is 0.0694. The highest BCUT2D eigenvalue weighted by Crippen LogP contribution is 2.39. The van der Waals surface area contributed by atoms with Gasteiger partial charge in [-0.15, -0.1) is 0 Å². The number of aromatic carboxylic acids is 1. The third-order valence-corrected chi connectivity index (χ3v) is 2.74. The molecular weight excluding hydrogens is 210 g/mol. The van der Waals surface area contributed by atoms with Crippen LogP contribution >= 0.6 is 0 Å². The van der Waals surface area contributed by atoms with Gasteiger partial charge >= 0.3 is 5.97 Å². The molecule has 6 heteroatoms.